The molecule has 1 saturated carbocycles. The molecule has 0 aromatic carbocycles. The van der Waals surface area contributed by atoms with Gasteiger partial charge in [-0.15, -0.1) is 0 Å². The SMILES string of the molecule is CC(C)C1CC(N2CCCN(CC(=O)O)CC2)C1. The van der Waals surface area contributed by atoms with Crippen LogP contribution in [0.3, 0.4) is 0 Å². The van der Waals surface area contributed by atoms with Crippen molar-refractivity contribution in [3.05, 3.63) is 0 Å². The summed E-state index contributed by atoms with van der Waals surface area (Å²) < 4.78 is 0. The number of carbonyl (C=O) groups is 1. The third kappa shape index (κ3) is 3.45. The molecule has 0 bridgehead atoms. The van der Waals surface area contributed by atoms with Gasteiger partial charge >= 0.3 is 5.97 Å². The standard InChI is InChI=1S/C14H26N2O2/c1-11(2)12-8-13(9-12)16-5-3-4-15(6-7-16)10-14(17)18/h11-13H,3-10H2,1-2H3,(H,17,18). The zero-order chi connectivity index (χ0) is 13.1. The first kappa shape index (κ1) is 13.8. The largest absolute Gasteiger partial charge is 0.480 e. The van der Waals surface area contributed by atoms with E-state index in [0.29, 0.717) is 0 Å². The summed E-state index contributed by atoms with van der Waals surface area (Å²) in [7, 11) is 0. The molecule has 4 heteroatoms. The van der Waals surface area contributed by atoms with Crippen LogP contribution in [-0.4, -0.2) is 59.6 Å². The fourth-order valence-electron chi connectivity index (χ4n) is 3.18. The Bertz CT molecular complexity index is 288. The molecule has 0 unspecified atom stereocenters. The number of aliphatic carboxylic acids is 1. The molecule has 0 spiro atoms. The minimum absolute atomic E-state index is 0.202. The molecule has 4 nitrogen and oxygen atoms in total. The molecule has 2 aliphatic rings. The van der Waals surface area contributed by atoms with Gasteiger partial charge in [0.2, 0.25) is 0 Å². The minimum Gasteiger partial charge on any atom is -0.480 e. The Morgan fingerprint density at radius 1 is 1.22 bits per heavy atom. The van der Waals surface area contributed by atoms with Crippen LogP contribution in [0.2, 0.25) is 0 Å². The molecule has 18 heavy (non-hydrogen) atoms. The first-order chi connectivity index (χ1) is 8.56. The van der Waals surface area contributed by atoms with Crippen LogP contribution >= 0.6 is 0 Å². The number of rotatable bonds is 4. The lowest BCUT2D eigenvalue weighted by Gasteiger charge is -2.44. The second-order valence-electron chi connectivity index (χ2n) is 6.19. The number of carboxylic acid groups (broad SMARTS) is 1. The van der Waals surface area contributed by atoms with E-state index in [9.17, 15) is 4.79 Å². The van der Waals surface area contributed by atoms with E-state index in [-0.39, 0.29) is 6.54 Å². The summed E-state index contributed by atoms with van der Waals surface area (Å²) in [5.74, 6) is 1.03. The number of hydrogen-bond acceptors (Lipinski definition) is 3. The van der Waals surface area contributed by atoms with Gasteiger partial charge in [0.05, 0.1) is 6.54 Å². The van der Waals surface area contributed by atoms with Crippen LogP contribution in [0.15, 0.2) is 0 Å². The van der Waals surface area contributed by atoms with Gasteiger partial charge in [0.15, 0.2) is 0 Å². The summed E-state index contributed by atoms with van der Waals surface area (Å²) in [6, 6.07) is 0.766. The summed E-state index contributed by atoms with van der Waals surface area (Å²) in [5.41, 5.74) is 0. The maximum absolute atomic E-state index is 10.7. The van der Waals surface area contributed by atoms with Crippen LogP contribution in [0.5, 0.6) is 0 Å². The van der Waals surface area contributed by atoms with Gasteiger partial charge in [-0.25, -0.2) is 0 Å². The van der Waals surface area contributed by atoms with E-state index in [1.165, 1.54) is 12.8 Å². The summed E-state index contributed by atoms with van der Waals surface area (Å²) in [6.07, 6.45) is 3.79. The summed E-state index contributed by atoms with van der Waals surface area (Å²) in [6.45, 7) is 8.87. The van der Waals surface area contributed by atoms with Gasteiger partial charge in [0, 0.05) is 25.7 Å². The lowest BCUT2D eigenvalue weighted by Crippen LogP contribution is -2.47. The quantitative estimate of drug-likeness (QED) is 0.826. The molecule has 0 aromatic rings. The molecule has 1 heterocycles. The second kappa shape index (κ2) is 6.02. The Morgan fingerprint density at radius 3 is 2.56 bits per heavy atom. The molecule has 104 valence electrons. The molecule has 1 N–H and O–H groups in total. The number of nitrogens with zero attached hydrogens (tertiary/aromatic N) is 2. The van der Waals surface area contributed by atoms with Crippen molar-refractivity contribution >= 4 is 5.97 Å². The molecule has 0 atom stereocenters. The molecule has 1 aliphatic carbocycles. The highest BCUT2D eigenvalue weighted by Gasteiger charge is 2.35. The lowest BCUT2D eigenvalue weighted by molar-refractivity contribution is -0.138. The van der Waals surface area contributed by atoms with Crippen LogP contribution in [0.1, 0.15) is 33.1 Å². The van der Waals surface area contributed by atoms with Crippen molar-refractivity contribution in [1.29, 1.82) is 0 Å². The van der Waals surface area contributed by atoms with E-state index in [0.717, 1.165) is 50.5 Å². The Balaban J connectivity index is 1.75. The van der Waals surface area contributed by atoms with Gasteiger partial charge in [-0.3, -0.25) is 14.6 Å². The molecule has 1 aliphatic heterocycles. The first-order valence-corrected chi connectivity index (χ1v) is 7.24. The predicted octanol–water partition coefficient (Wildman–Crippen LogP) is 1.51. The van der Waals surface area contributed by atoms with Gasteiger partial charge < -0.3 is 5.11 Å². The molecule has 0 amide bonds. The van der Waals surface area contributed by atoms with Crippen LogP contribution in [0, 0.1) is 11.8 Å². The summed E-state index contributed by atoms with van der Waals surface area (Å²) in [5, 5.41) is 8.83. The van der Waals surface area contributed by atoms with Crippen LogP contribution in [0.25, 0.3) is 0 Å². The van der Waals surface area contributed by atoms with Crippen molar-refractivity contribution in [2.24, 2.45) is 11.8 Å². The number of hydrogen-bond donors (Lipinski definition) is 1. The summed E-state index contributed by atoms with van der Waals surface area (Å²) >= 11 is 0. The Kier molecular flexibility index (Phi) is 4.62. The number of carboxylic acids is 1. The maximum atomic E-state index is 10.7. The predicted molar refractivity (Wildman–Crippen MR) is 71.6 cm³/mol. The molecular weight excluding hydrogens is 228 g/mol. The molecule has 2 fully saturated rings. The molecule has 1 saturated heterocycles. The van der Waals surface area contributed by atoms with Crippen molar-refractivity contribution in [2.45, 2.75) is 39.2 Å². The van der Waals surface area contributed by atoms with Gasteiger partial charge in [-0.2, -0.15) is 0 Å². The fraction of sp³-hybridized carbons (Fsp3) is 0.929. The van der Waals surface area contributed by atoms with Crippen LogP contribution in [-0.2, 0) is 4.79 Å². The second-order valence-corrected chi connectivity index (χ2v) is 6.19. The van der Waals surface area contributed by atoms with E-state index in [1.54, 1.807) is 0 Å². The Morgan fingerprint density at radius 2 is 1.94 bits per heavy atom. The van der Waals surface area contributed by atoms with Crippen molar-refractivity contribution in [2.75, 3.05) is 32.7 Å². The molecule has 0 radical (unpaired) electrons. The normalized spacial score (nSPS) is 31.1. The maximum Gasteiger partial charge on any atom is 0.317 e. The monoisotopic (exact) mass is 254 g/mol. The van der Waals surface area contributed by atoms with E-state index in [4.69, 9.17) is 5.11 Å². The Hall–Kier alpha value is -0.610. The van der Waals surface area contributed by atoms with Gasteiger partial charge in [-0.05, 0) is 37.6 Å². The van der Waals surface area contributed by atoms with Crippen LogP contribution < -0.4 is 0 Å². The van der Waals surface area contributed by atoms with E-state index >= 15 is 0 Å². The van der Waals surface area contributed by atoms with Gasteiger partial charge in [-0.1, -0.05) is 13.8 Å². The zero-order valence-electron chi connectivity index (χ0n) is 11.6. The average Bonchev–Trinajstić information content (AvgIpc) is 2.40. The fourth-order valence-corrected chi connectivity index (χ4v) is 3.18. The van der Waals surface area contributed by atoms with Crippen molar-refractivity contribution < 1.29 is 9.90 Å². The topological polar surface area (TPSA) is 43.8 Å². The highest BCUT2D eigenvalue weighted by molar-refractivity contribution is 5.69. The smallest absolute Gasteiger partial charge is 0.317 e. The highest BCUT2D eigenvalue weighted by atomic mass is 16.4. The third-order valence-corrected chi connectivity index (χ3v) is 4.59. The molecular formula is C14H26N2O2. The minimum atomic E-state index is -0.702. The average molecular weight is 254 g/mol. The summed E-state index contributed by atoms with van der Waals surface area (Å²) in [4.78, 5) is 15.4. The zero-order valence-corrected chi connectivity index (χ0v) is 11.6. The van der Waals surface area contributed by atoms with Crippen molar-refractivity contribution in [1.82, 2.24) is 9.80 Å². The first-order valence-electron chi connectivity index (χ1n) is 7.24. The third-order valence-electron chi connectivity index (χ3n) is 4.59. The van der Waals surface area contributed by atoms with Crippen molar-refractivity contribution in [3.63, 3.8) is 0 Å². The Labute approximate surface area is 110 Å². The molecule has 2 rings (SSSR count). The van der Waals surface area contributed by atoms with E-state index < -0.39 is 5.97 Å². The highest BCUT2D eigenvalue weighted by Crippen LogP contribution is 2.37. The van der Waals surface area contributed by atoms with Crippen LogP contribution in [0.4, 0.5) is 0 Å². The lowest BCUT2D eigenvalue weighted by atomic mass is 9.73. The van der Waals surface area contributed by atoms with Crippen molar-refractivity contribution in [3.8, 4) is 0 Å². The van der Waals surface area contributed by atoms with E-state index in [2.05, 4.69) is 23.6 Å². The van der Waals surface area contributed by atoms with Gasteiger partial charge in [0.25, 0.3) is 0 Å². The van der Waals surface area contributed by atoms with E-state index in [1.807, 2.05) is 0 Å². The molecule has 0 aromatic heterocycles. The van der Waals surface area contributed by atoms with Gasteiger partial charge in [0.1, 0.15) is 0 Å².